The fourth-order valence-electron chi connectivity index (χ4n) is 4.57. The van der Waals surface area contributed by atoms with E-state index in [1.807, 2.05) is 0 Å². The molecule has 0 unspecified atom stereocenters. The molecule has 1 amide bonds. The predicted molar refractivity (Wildman–Crippen MR) is 97.2 cm³/mol. The number of carbonyl (C=O) groups excluding carboxylic acids is 1. The first-order valence-corrected chi connectivity index (χ1v) is 10.9. The van der Waals surface area contributed by atoms with Crippen molar-refractivity contribution in [1.29, 1.82) is 0 Å². The number of nitrogens with one attached hydrogen (secondary N) is 1. The second-order valence-corrected chi connectivity index (χ2v) is 9.97. The second kappa shape index (κ2) is 6.62. The third-order valence-electron chi connectivity index (χ3n) is 6.50. The summed E-state index contributed by atoms with van der Waals surface area (Å²) in [6, 6.07) is 6.52. The third kappa shape index (κ3) is 2.96. The van der Waals surface area contributed by atoms with Crippen LogP contribution in [0.5, 0.6) is 0 Å². The van der Waals surface area contributed by atoms with E-state index in [0.29, 0.717) is 18.7 Å². The SMILES string of the molecule is O=C(NC1CCC1)c1cccc(S(=O)(=O)N2C[C@H]3CCC[C@@]3(CO)C2)c1. The van der Waals surface area contributed by atoms with Gasteiger partial charge in [0.15, 0.2) is 0 Å². The number of hydrogen-bond acceptors (Lipinski definition) is 4. The lowest BCUT2D eigenvalue weighted by Gasteiger charge is -2.26. The van der Waals surface area contributed by atoms with Crippen LogP contribution in [-0.4, -0.2) is 49.5 Å². The van der Waals surface area contributed by atoms with Gasteiger partial charge in [0, 0.05) is 30.1 Å². The first-order valence-electron chi connectivity index (χ1n) is 9.47. The molecule has 26 heavy (non-hydrogen) atoms. The summed E-state index contributed by atoms with van der Waals surface area (Å²) in [6.07, 6.45) is 6.00. The average Bonchev–Trinajstić information content (AvgIpc) is 3.16. The van der Waals surface area contributed by atoms with Crippen LogP contribution in [-0.2, 0) is 10.0 Å². The van der Waals surface area contributed by atoms with E-state index < -0.39 is 10.0 Å². The first-order chi connectivity index (χ1) is 12.4. The lowest BCUT2D eigenvalue weighted by Crippen LogP contribution is -2.39. The second-order valence-electron chi connectivity index (χ2n) is 8.04. The van der Waals surface area contributed by atoms with Crippen molar-refractivity contribution in [3.05, 3.63) is 29.8 Å². The van der Waals surface area contributed by atoms with E-state index in [0.717, 1.165) is 38.5 Å². The lowest BCUT2D eigenvalue weighted by molar-refractivity contribution is 0.0916. The van der Waals surface area contributed by atoms with Gasteiger partial charge in [0.25, 0.3) is 5.91 Å². The largest absolute Gasteiger partial charge is 0.396 e. The Morgan fingerprint density at radius 3 is 2.73 bits per heavy atom. The van der Waals surface area contributed by atoms with Crippen molar-refractivity contribution in [2.45, 2.75) is 49.5 Å². The Bertz CT molecular complexity index is 806. The van der Waals surface area contributed by atoms with Gasteiger partial charge >= 0.3 is 0 Å². The highest BCUT2D eigenvalue weighted by atomic mass is 32.2. The molecule has 4 rings (SSSR count). The number of nitrogens with zero attached hydrogens (tertiary/aromatic N) is 1. The van der Waals surface area contributed by atoms with Gasteiger partial charge in [-0.05, 0) is 56.2 Å². The molecular formula is C19H26N2O4S. The molecular weight excluding hydrogens is 352 g/mol. The van der Waals surface area contributed by atoms with Crippen molar-refractivity contribution < 1.29 is 18.3 Å². The zero-order valence-electron chi connectivity index (χ0n) is 14.9. The molecule has 2 N–H and O–H groups in total. The predicted octanol–water partition coefficient (Wildman–Crippen LogP) is 1.75. The van der Waals surface area contributed by atoms with Gasteiger partial charge in [-0.15, -0.1) is 0 Å². The maximum absolute atomic E-state index is 13.1. The van der Waals surface area contributed by atoms with Gasteiger partial charge in [0.1, 0.15) is 0 Å². The minimum Gasteiger partial charge on any atom is -0.396 e. The number of hydrogen-bond donors (Lipinski definition) is 2. The van der Waals surface area contributed by atoms with Crippen LogP contribution in [0.25, 0.3) is 0 Å². The van der Waals surface area contributed by atoms with Gasteiger partial charge < -0.3 is 10.4 Å². The molecule has 6 nitrogen and oxygen atoms in total. The summed E-state index contributed by atoms with van der Waals surface area (Å²) in [4.78, 5) is 12.5. The minimum atomic E-state index is -3.66. The number of aliphatic hydroxyl groups excluding tert-OH is 1. The van der Waals surface area contributed by atoms with Gasteiger partial charge in [0.05, 0.1) is 11.5 Å². The van der Waals surface area contributed by atoms with E-state index in [4.69, 9.17) is 0 Å². The van der Waals surface area contributed by atoms with Gasteiger partial charge in [-0.3, -0.25) is 4.79 Å². The highest BCUT2D eigenvalue weighted by Gasteiger charge is 2.52. The minimum absolute atomic E-state index is 0.0352. The van der Waals surface area contributed by atoms with Crippen LogP contribution in [0.4, 0.5) is 0 Å². The van der Waals surface area contributed by atoms with Crippen LogP contribution >= 0.6 is 0 Å². The van der Waals surface area contributed by atoms with Crippen molar-refractivity contribution in [3.63, 3.8) is 0 Å². The first kappa shape index (κ1) is 17.9. The van der Waals surface area contributed by atoms with E-state index in [2.05, 4.69) is 5.32 Å². The summed E-state index contributed by atoms with van der Waals surface area (Å²) < 4.78 is 27.7. The van der Waals surface area contributed by atoms with Crippen LogP contribution in [0, 0.1) is 11.3 Å². The van der Waals surface area contributed by atoms with Gasteiger partial charge in [0.2, 0.25) is 10.0 Å². The van der Waals surface area contributed by atoms with Crippen molar-refractivity contribution in [3.8, 4) is 0 Å². The molecule has 1 heterocycles. The summed E-state index contributed by atoms with van der Waals surface area (Å²) in [7, 11) is -3.66. The van der Waals surface area contributed by atoms with Crippen molar-refractivity contribution in [1.82, 2.24) is 9.62 Å². The van der Waals surface area contributed by atoms with Gasteiger partial charge in [-0.25, -0.2) is 8.42 Å². The molecule has 0 bridgehead atoms. The Balaban J connectivity index is 1.55. The molecule has 0 aromatic heterocycles. The molecule has 3 fully saturated rings. The Morgan fingerprint density at radius 1 is 1.27 bits per heavy atom. The van der Waals surface area contributed by atoms with Crippen molar-refractivity contribution >= 4 is 15.9 Å². The quantitative estimate of drug-likeness (QED) is 0.817. The Labute approximate surface area is 154 Å². The molecule has 1 saturated heterocycles. The highest BCUT2D eigenvalue weighted by molar-refractivity contribution is 7.89. The van der Waals surface area contributed by atoms with Crippen LogP contribution in [0.1, 0.15) is 48.9 Å². The molecule has 142 valence electrons. The smallest absolute Gasteiger partial charge is 0.251 e. The number of amides is 1. The maximum Gasteiger partial charge on any atom is 0.251 e. The molecule has 1 aromatic rings. The lowest BCUT2D eigenvalue weighted by atomic mass is 9.82. The van der Waals surface area contributed by atoms with Gasteiger partial charge in [-0.2, -0.15) is 4.31 Å². The van der Waals surface area contributed by atoms with E-state index in [1.165, 1.54) is 10.4 Å². The zero-order chi connectivity index (χ0) is 18.4. The summed E-state index contributed by atoms with van der Waals surface area (Å²) in [5, 5.41) is 12.8. The number of carbonyl (C=O) groups is 1. The van der Waals surface area contributed by atoms with Crippen LogP contribution in [0.2, 0.25) is 0 Å². The summed E-state index contributed by atoms with van der Waals surface area (Å²) in [5.74, 6) is 0.0178. The summed E-state index contributed by atoms with van der Waals surface area (Å²) in [5.41, 5.74) is 0.0981. The number of benzene rings is 1. The highest BCUT2D eigenvalue weighted by Crippen LogP contribution is 2.49. The van der Waals surface area contributed by atoms with Crippen molar-refractivity contribution in [2.24, 2.45) is 11.3 Å². The molecule has 2 atom stereocenters. The standard InChI is InChI=1S/C19H26N2O4S/c22-13-19-9-3-5-15(19)11-21(12-19)26(24,25)17-8-1-4-14(10-17)18(23)20-16-6-2-7-16/h1,4,8,10,15-16,22H,2-3,5-7,9,11-13H2,(H,20,23)/t15-,19+/m1/s1. The number of fused-ring (bicyclic) bond motifs is 1. The fourth-order valence-corrected chi connectivity index (χ4v) is 6.20. The molecule has 2 aliphatic carbocycles. The Kier molecular flexibility index (Phi) is 4.57. The van der Waals surface area contributed by atoms with Crippen LogP contribution in [0.15, 0.2) is 29.2 Å². The Morgan fingerprint density at radius 2 is 2.08 bits per heavy atom. The van der Waals surface area contributed by atoms with E-state index >= 15 is 0 Å². The molecule has 1 aromatic carbocycles. The maximum atomic E-state index is 13.1. The van der Waals surface area contributed by atoms with Gasteiger partial charge in [-0.1, -0.05) is 12.5 Å². The molecule has 3 aliphatic rings. The van der Waals surface area contributed by atoms with E-state index in [9.17, 15) is 18.3 Å². The van der Waals surface area contributed by atoms with E-state index in [-0.39, 0.29) is 34.8 Å². The monoisotopic (exact) mass is 378 g/mol. The number of rotatable bonds is 5. The number of aliphatic hydroxyl groups is 1. The average molecular weight is 378 g/mol. The zero-order valence-corrected chi connectivity index (χ0v) is 15.7. The Hall–Kier alpha value is -1.44. The fraction of sp³-hybridized carbons (Fsp3) is 0.632. The van der Waals surface area contributed by atoms with Crippen molar-refractivity contribution in [2.75, 3.05) is 19.7 Å². The topological polar surface area (TPSA) is 86.7 Å². The molecule has 0 radical (unpaired) electrons. The molecule has 1 aliphatic heterocycles. The molecule has 7 heteroatoms. The molecule has 2 saturated carbocycles. The van der Waals surface area contributed by atoms with Crippen LogP contribution < -0.4 is 5.32 Å². The summed E-state index contributed by atoms with van der Waals surface area (Å²) in [6.45, 7) is 0.865. The van der Waals surface area contributed by atoms with Crippen LogP contribution in [0.3, 0.4) is 0 Å². The van der Waals surface area contributed by atoms with E-state index in [1.54, 1.807) is 18.2 Å². The molecule has 0 spiro atoms. The number of sulfonamides is 1. The normalized spacial score (nSPS) is 29.3. The third-order valence-corrected chi connectivity index (χ3v) is 8.31. The summed E-state index contributed by atoms with van der Waals surface area (Å²) >= 11 is 0.